The molecule has 0 atom stereocenters. The summed E-state index contributed by atoms with van der Waals surface area (Å²) >= 11 is 0. The van der Waals surface area contributed by atoms with E-state index in [1.807, 2.05) is 48.5 Å². The van der Waals surface area contributed by atoms with Crippen molar-refractivity contribution in [3.8, 4) is 56.2 Å². The summed E-state index contributed by atoms with van der Waals surface area (Å²) in [5.74, 6) is 0.695. The molecule has 0 radical (unpaired) electrons. The Bertz CT molecular complexity index is 3160. The van der Waals surface area contributed by atoms with Crippen LogP contribution in [0, 0.1) is 0 Å². The second-order valence-electron chi connectivity index (χ2n) is 13.7. The third-order valence-electron chi connectivity index (χ3n) is 10.5. The molecular weight excluding hydrogens is 661 g/mol. The molecule has 0 bridgehead atoms. The van der Waals surface area contributed by atoms with Gasteiger partial charge in [-0.05, 0) is 52.4 Å². The van der Waals surface area contributed by atoms with Gasteiger partial charge >= 0.3 is 0 Å². The van der Waals surface area contributed by atoms with E-state index < -0.39 is 0 Å². The number of benzene rings is 8. The van der Waals surface area contributed by atoms with Crippen molar-refractivity contribution >= 4 is 54.6 Å². The maximum atomic E-state index is 6.75. The van der Waals surface area contributed by atoms with E-state index in [0.29, 0.717) is 5.82 Å². The molecule has 0 unspecified atom stereocenters. The zero-order valence-electron chi connectivity index (χ0n) is 29.0. The zero-order valence-corrected chi connectivity index (χ0v) is 29.0. The van der Waals surface area contributed by atoms with Crippen LogP contribution < -0.4 is 0 Å². The molecule has 0 amide bonds. The van der Waals surface area contributed by atoms with E-state index in [2.05, 4.69) is 133 Å². The summed E-state index contributed by atoms with van der Waals surface area (Å²) < 4.78 is 13.3. The van der Waals surface area contributed by atoms with E-state index in [0.717, 1.165) is 105 Å². The summed E-state index contributed by atoms with van der Waals surface area (Å²) in [5, 5.41) is 6.54. The molecule has 0 aliphatic heterocycles. The summed E-state index contributed by atoms with van der Waals surface area (Å²) in [4.78, 5) is 10.1. The SMILES string of the molecule is c1ccc(-c2cc(-c3cccc(-c4cc5c(oc6cccc(-c7cccc8c7oc7ccccc78)c65)c5ccccc45)c3)nc(-c3ccccc3)n2)cc1. The average Bonchev–Trinajstić information content (AvgIpc) is 3.83. The highest BCUT2D eigenvalue weighted by Crippen LogP contribution is 2.45. The molecule has 11 rings (SSSR count). The smallest absolute Gasteiger partial charge is 0.160 e. The number of aromatic nitrogens is 2. The fraction of sp³-hybridized carbons (Fsp3) is 0. The predicted octanol–water partition coefficient (Wildman–Crippen LogP) is 13.8. The van der Waals surface area contributed by atoms with Crippen molar-refractivity contribution in [3.63, 3.8) is 0 Å². The first-order chi connectivity index (χ1) is 26.8. The number of para-hydroxylation sites is 2. The molecule has 4 heteroatoms. The van der Waals surface area contributed by atoms with Gasteiger partial charge in [0, 0.05) is 49.2 Å². The Morgan fingerprint density at radius 2 is 0.870 bits per heavy atom. The fourth-order valence-electron chi connectivity index (χ4n) is 7.99. The Hall–Kier alpha value is -7.30. The van der Waals surface area contributed by atoms with Crippen molar-refractivity contribution in [2.24, 2.45) is 0 Å². The van der Waals surface area contributed by atoms with Crippen molar-refractivity contribution in [1.82, 2.24) is 9.97 Å². The molecule has 252 valence electrons. The molecule has 11 aromatic rings. The lowest BCUT2D eigenvalue weighted by molar-refractivity contribution is 0.670. The summed E-state index contributed by atoms with van der Waals surface area (Å²) in [5.41, 5.74) is 12.6. The van der Waals surface area contributed by atoms with Gasteiger partial charge in [-0.1, -0.05) is 152 Å². The van der Waals surface area contributed by atoms with Crippen LogP contribution in [0.5, 0.6) is 0 Å². The zero-order chi connectivity index (χ0) is 35.6. The van der Waals surface area contributed by atoms with Gasteiger partial charge in [-0.3, -0.25) is 0 Å². The minimum atomic E-state index is 0.695. The van der Waals surface area contributed by atoms with Gasteiger partial charge in [0.25, 0.3) is 0 Å². The van der Waals surface area contributed by atoms with Gasteiger partial charge in [0.1, 0.15) is 22.3 Å². The van der Waals surface area contributed by atoms with Crippen LogP contribution in [0.4, 0.5) is 0 Å². The molecule has 54 heavy (non-hydrogen) atoms. The van der Waals surface area contributed by atoms with Crippen molar-refractivity contribution in [2.45, 2.75) is 0 Å². The van der Waals surface area contributed by atoms with Crippen molar-refractivity contribution in [1.29, 1.82) is 0 Å². The molecule has 0 aliphatic rings. The molecule has 0 fully saturated rings. The van der Waals surface area contributed by atoms with Gasteiger partial charge in [-0.25, -0.2) is 9.97 Å². The second-order valence-corrected chi connectivity index (χ2v) is 13.7. The molecular formula is C50H30N2O2. The highest BCUT2D eigenvalue weighted by atomic mass is 16.3. The monoisotopic (exact) mass is 690 g/mol. The third kappa shape index (κ3) is 4.85. The predicted molar refractivity (Wildman–Crippen MR) is 221 cm³/mol. The first kappa shape index (κ1) is 30.3. The molecule has 0 N–H and O–H groups in total. The summed E-state index contributed by atoms with van der Waals surface area (Å²) in [6.45, 7) is 0. The van der Waals surface area contributed by atoms with Crippen LogP contribution in [0.15, 0.2) is 191 Å². The van der Waals surface area contributed by atoms with E-state index in [4.69, 9.17) is 18.8 Å². The van der Waals surface area contributed by atoms with Crippen LogP contribution in [-0.2, 0) is 0 Å². The maximum absolute atomic E-state index is 6.75. The Balaban J connectivity index is 1.13. The summed E-state index contributed by atoms with van der Waals surface area (Å²) in [6, 6.07) is 63.1. The number of fused-ring (bicyclic) bond motifs is 8. The molecule has 8 aromatic carbocycles. The van der Waals surface area contributed by atoms with E-state index >= 15 is 0 Å². The van der Waals surface area contributed by atoms with Crippen molar-refractivity contribution in [2.75, 3.05) is 0 Å². The van der Waals surface area contributed by atoms with Crippen LogP contribution in [0.25, 0.3) is 111 Å². The van der Waals surface area contributed by atoms with Crippen molar-refractivity contribution < 1.29 is 8.83 Å². The molecule has 0 saturated carbocycles. The van der Waals surface area contributed by atoms with Gasteiger partial charge in [-0.2, -0.15) is 0 Å². The number of hydrogen-bond donors (Lipinski definition) is 0. The number of furan rings is 2. The summed E-state index contributed by atoms with van der Waals surface area (Å²) in [6.07, 6.45) is 0. The van der Waals surface area contributed by atoms with Crippen LogP contribution in [0.3, 0.4) is 0 Å². The quantitative estimate of drug-likeness (QED) is 0.180. The number of hydrogen-bond acceptors (Lipinski definition) is 4. The van der Waals surface area contributed by atoms with E-state index in [9.17, 15) is 0 Å². The largest absolute Gasteiger partial charge is 0.455 e. The van der Waals surface area contributed by atoms with E-state index in [1.54, 1.807) is 0 Å². The lowest BCUT2D eigenvalue weighted by Gasteiger charge is -2.12. The van der Waals surface area contributed by atoms with Gasteiger partial charge in [0.15, 0.2) is 5.82 Å². The van der Waals surface area contributed by atoms with Gasteiger partial charge in [0.2, 0.25) is 0 Å². The minimum Gasteiger partial charge on any atom is -0.455 e. The third-order valence-corrected chi connectivity index (χ3v) is 10.5. The van der Waals surface area contributed by atoms with Gasteiger partial charge in [0.05, 0.1) is 11.4 Å². The topological polar surface area (TPSA) is 52.1 Å². The van der Waals surface area contributed by atoms with Gasteiger partial charge < -0.3 is 8.83 Å². The Morgan fingerprint density at radius 3 is 1.70 bits per heavy atom. The molecule has 4 nitrogen and oxygen atoms in total. The molecule has 0 saturated heterocycles. The molecule has 3 heterocycles. The normalized spacial score (nSPS) is 11.7. The number of nitrogens with zero attached hydrogens (tertiary/aromatic N) is 2. The minimum absolute atomic E-state index is 0.695. The van der Waals surface area contributed by atoms with Gasteiger partial charge in [-0.15, -0.1) is 0 Å². The van der Waals surface area contributed by atoms with E-state index in [1.165, 1.54) is 0 Å². The standard InChI is InChI=1S/C50H30N2O2/c1-3-14-31(15-4-1)43-30-44(52-50(51-43)32-16-5-2-6-17-32)34-19-11-18-33(28-34)41-29-42-47-37(23-13-27-46(47)54-49(42)38-22-8-7-20-35(38)41)40-25-12-24-39-36-21-9-10-26-45(36)53-48(39)40/h1-30H. The van der Waals surface area contributed by atoms with Crippen LogP contribution in [-0.4, -0.2) is 9.97 Å². The highest BCUT2D eigenvalue weighted by molar-refractivity contribution is 6.23. The van der Waals surface area contributed by atoms with Crippen LogP contribution >= 0.6 is 0 Å². The Labute approximate surface area is 310 Å². The summed E-state index contributed by atoms with van der Waals surface area (Å²) in [7, 11) is 0. The maximum Gasteiger partial charge on any atom is 0.160 e. The lowest BCUT2D eigenvalue weighted by atomic mass is 9.92. The van der Waals surface area contributed by atoms with E-state index in [-0.39, 0.29) is 0 Å². The Morgan fingerprint density at radius 1 is 0.315 bits per heavy atom. The Kier molecular flexibility index (Phi) is 6.82. The second kappa shape index (κ2) is 12.1. The van der Waals surface area contributed by atoms with Crippen LogP contribution in [0.2, 0.25) is 0 Å². The van der Waals surface area contributed by atoms with Crippen molar-refractivity contribution in [3.05, 3.63) is 182 Å². The van der Waals surface area contributed by atoms with Crippen LogP contribution in [0.1, 0.15) is 0 Å². The average molecular weight is 691 g/mol. The molecule has 0 aliphatic carbocycles. The lowest BCUT2D eigenvalue weighted by Crippen LogP contribution is -1.96. The molecule has 3 aromatic heterocycles. The number of rotatable bonds is 5. The first-order valence-electron chi connectivity index (χ1n) is 18.2. The first-order valence-corrected chi connectivity index (χ1v) is 18.2. The highest BCUT2D eigenvalue weighted by Gasteiger charge is 2.21. The fourth-order valence-corrected chi connectivity index (χ4v) is 7.99. The molecule has 0 spiro atoms.